The number of aryl methyl sites for hydroxylation is 1. The lowest BCUT2D eigenvalue weighted by molar-refractivity contribution is -0.133. The van der Waals surface area contributed by atoms with E-state index in [0.29, 0.717) is 5.92 Å². The number of carbonyl (C=O) groups is 1. The Balaban J connectivity index is 1.69. The van der Waals surface area contributed by atoms with Crippen LogP contribution in [-0.4, -0.2) is 34.1 Å². The molecule has 1 saturated heterocycles. The number of amides is 1. The van der Waals surface area contributed by atoms with Crippen molar-refractivity contribution in [2.24, 2.45) is 0 Å². The fraction of sp³-hybridized carbons (Fsp3) is 0.500. The normalized spacial score (nSPS) is 20.5. The maximum Gasteiger partial charge on any atom is 0.229 e. The van der Waals surface area contributed by atoms with Gasteiger partial charge in [-0.3, -0.25) is 9.89 Å². The van der Waals surface area contributed by atoms with Crippen molar-refractivity contribution in [3.63, 3.8) is 0 Å². The Bertz CT molecular complexity index is 605. The maximum atomic E-state index is 12.7. The summed E-state index contributed by atoms with van der Waals surface area (Å²) in [5.74, 6) is 0.559. The number of aromatic amines is 1. The zero-order valence-electron chi connectivity index (χ0n) is 12.5. The minimum Gasteiger partial charge on any atom is -0.342 e. The van der Waals surface area contributed by atoms with Crippen LogP contribution in [0.2, 0.25) is 0 Å². The van der Waals surface area contributed by atoms with Gasteiger partial charge in [0.05, 0.1) is 11.6 Å². The zero-order valence-corrected chi connectivity index (χ0v) is 13.3. The summed E-state index contributed by atoms with van der Waals surface area (Å²) in [5, 5.41) is 11.5. The summed E-state index contributed by atoms with van der Waals surface area (Å²) >= 11 is 1.65. The molecule has 0 unspecified atom stereocenters. The van der Waals surface area contributed by atoms with E-state index in [9.17, 15) is 4.79 Å². The highest BCUT2D eigenvalue weighted by Gasteiger charge is 2.29. The molecule has 0 aliphatic carbocycles. The van der Waals surface area contributed by atoms with Crippen molar-refractivity contribution in [1.82, 2.24) is 15.1 Å². The number of piperidine rings is 1. The van der Waals surface area contributed by atoms with Crippen molar-refractivity contribution in [1.29, 1.82) is 0 Å². The number of rotatable bonds is 3. The second kappa shape index (κ2) is 6.02. The van der Waals surface area contributed by atoms with Gasteiger partial charge in [0, 0.05) is 24.7 Å². The Morgan fingerprint density at radius 2 is 2.43 bits per heavy atom. The summed E-state index contributed by atoms with van der Waals surface area (Å²) in [7, 11) is 0. The molecule has 0 saturated carbocycles. The van der Waals surface area contributed by atoms with Crippen molar-refractivity contribution in [2.45, 2.75) is 38.5 Å². The van der Waals surface area contributed by atoms with Crippen molar-refractivity contribution in [3.8, 4) is 0 Å². The molecule has 2 aromatic rings. The summed E-state index contributed by atoms with van der Waals surface area (Å²) in [4.78, 5) is 14.7. The van der Waals surface area contributed by atoms with Gasteiger partial charge in [0.25, 0.3) is 0 Å². The summed E-state index contributed by atoms with van der Waals surface area (Å²) in [5.41, 5.74) is 3.30. The number of H-pyrrole nitrogens is 1. The predicted molar refractivity (Wildman–Crippen MR) is 84.6 cm³/mol. The second-order valence-electron chi connectivity index (χ2n) is 5.88. The Morgan fingerprint density at radius 3 is 3.10 bits per heavy atom. The summed E-state index contributed by atoms with van der Waals surface area (Å²) < 4.78 is 0. The van der Waals surface area contributed by atoms with Crippen LogP contribution in [0.1, 0.15) is 48.6 Å². The van der Waals surface area contributed by atoms with E-state index in [4.69, 9.17) is 0 Å². The van der Waals surface area contributed by atoms with Gasteiger partial charge in [-0.1, -0.05) is 0 Å². The molecule has 0 bridgehead atoms. The quantitative estimate of drug-likeness (QED) is 0.946. The van der Waals surface area contributed by atoms with Crippen molar-refractivity contribution >= 4 is 17.2 Å². The number of nitrogens with one attached hydrogen (secondary N) is 1. The third kappa shape index (κ3) is 3.02. The summed E-state index contributed by atoms with van der Waals surface area (Å²) in [6.45, 7) is 5.68. The predicted octanol–water partition coefficient (Wildman–Crippen LogP) is 3.29. The molecule has 2 atom stereocenters. The van der Waals surface area contributed by atoms with Crippen LogP contribution in [0.3, 0.4) is 0 Å². The van der Waals surface area contributed by atoms with E-state index < -0.39 is 0 Å². The average Bonchev–Trinajstić information content (AvgIpc) is 3.17. The van der Waals surface area contributed by atoms with Gasteiger partial charge in [-0.25, -0.2) is 0 Å². The van der Waals surface area contributed by atoms with Crippen LogP contribution >= 0.6 is 11.3 Å². The van der Waals surface area contributed by atoms with Crippen molar-refractivity contribution < 1.29 is 4.79 Å². The molecule has 1 aliphatic heterocycles. The highest BCUT2D eigenvalue weighted by molar-refractivity contribution is 7.08. The first-order chi connectivity index (χ1) is 10.1. The number of nitrogens with zero attached hydrogens (tertiary/aromatic N) is 2. The highest BCUT2D eigenvalue weighted by atomic mass is 32.1. The lowest BCUT2D eigenvalue weighted by atomic mass is 9.93. The van der Waals surface area contributed by atoms with E-state index in [1.807, 2.05) is 30.2 Å². The van der Waals surface area contributed by atoms with Crippen LogP contribution < -0.4 is 0 Å². The molecule has 0 aromatic carbocycles. The molecule has 3 heterocycles. The first-order valence-electron chi connectivity index (χ1n) is 7.48. The van der Waals surface area contributed by atoms with Crippen molar-refractivity contribution in [3.05, 3.63) is 39.8 Å². The highest BCUT2D eigenvalue weighted by Crippen LogP contribution is 2.28. The monoisotopic (exact) mass is 303 g/mol. The third-order valence-electron chi connectivity index (χ3n) is 4.29. The van der Waals surface area contributed by atoms with E-state index in [0.717, 1.165) is 42.9 Å². The maximum absolute atomic E-state index is 12.7. The van der Waals surface area contributed by atoms with E-state index in [1.165, 1.54) is 0 Å². The Kier molecular flexibility index (Phi) is 4.10. The van der Waals surface area contributed by atoms with Gasteiger partial charge in [-0.15, -0.1) is 0 Å². The van der Waals surface area contributed by atoms with E-state index in [2.05, 4.69) is 21.6 Å². The van der Waals surface area contributed by atoms with Crippen LogP contribution in [0.4, 0.5) is 0 Å². The molecular weight excluding hydrogens is 282 g/mol. The molecule has 1 amide bonds. The first kappa shape index (κ1) is 14.3. The second-order valence-corrected chi connectivity index (χ2v) is 6.66. The molecule has 21 heavy (non-hydrogen) atoms. The molecular formula is C16H21N3OS. The Morgan fingerprint density at radius 1 is 1.57 bits per heavy atom. The summed E-state index contributed by atoms with van der Waals surface area (Å²) in [6, 6.07) is 4.15. The molecule has 5 heteroatoms. The number of carbonyl (C=O) groups excluding carboxylic acids is 1. The van der Waals surface area contributed by atoms with Gasteiger partial charge in [0.2, 0.25) is 5.91 Å². The fourth-order valence-corrected chi connectivity index (χ4v) is 3.76. The lowest BCUT2D eigenvalue weighted by Crippen LogP contribution is -2.41. The number of thiophene rings is 1. The van der Waals surface area contributed by atoms with Crippen LogP contribution in [-0.2, 0) is 4.79 Å². The van der Waals surface area contributed by atoms with E-state index in [-0.39, 0.29) is 11.8 Å². The Labute approximate surface area is 129 Å². The lowest BCUT2D eigenvalue weighted by Gasteiger charge is -2.33. The van der Waals surface area contributed by atoms with Crippen molar-refractivity contribution in [2.75, 3.05) is 13.1 Å². The van der Waals surface area contributed by atoms with Crippen LogP contribution in [0.25, 0.3) is 0 Å². The topological polar surface area (TPSA) is 49.0 Å². The average molecular weight is 303 g/mol. The van der Waals surface area contributed by atoms with Gasteiger partial charge in [-0.05, 0) is 55.1 Å². The molecule has 1 aliphatic rings. The van der Waals surface area contributed by atoms with Gasteiger partial charge >= 0.3 is 0 Å². The standard InChI is InChI=1S/C16H21N3OS/c1-11-8-15(18-17-11)13-4-3-6-19(9-13)16(20)12(2)14-5-7-21-10-14/h5,7-8,10,12-13H,3-4,6,9H2,1-2H3,(H,17,18)/t12-,13-/m1/s1. The zero-order chi connectivity index (χ0) is 14.8. The van der Waals surface area contributed by atoms with Crippen LogP contribution in [0.5, 0.6) is 0 Å². The molecule has 0 radical (unpaired) electrons. The minimum atomic E-state index is -0.0454. The van der Waals surface area contributed by atoms with E-state index >= 15 is 0 Å². The molecule has 1 fully saturated rings. The van der Waals surface area contributed by atoms with Gasteiger partial charge in [-0.2, -0.15) is 16.4 Å². The number of hydrogen-bond donors (Lipinski definition) is 1. The molecule has 2 aromatic heterocycles. The Hall–Kier alpha value is -1.62. The number of aromatic nitrogens is 2. The molecule has 112 valence electrons. The fourth-order valence-electron chi connectivity index (χ4n) is 3.00. The summed E-state index contributed by atoms with van der Waals surface area (Å²) in [6.07, 6.45) is 2.17. The molecule has 0 spiro atoms. The molecule has 4 nitrogen and oxygen atoms in total. The van der Waals surface area contributed by atoms with Gasteiger partial charge in [0.1, 0.15) is 0 Å². The number of likely N-dealkylation sites (tertiary alicyclic amines) is 1. The third-order valence-corrected chi connectivity index (χ3v) is 4.99. The molecule has 3 rings (SSSR count). The largest absolute Gasteiger partial charge is 0.342 e. The van der Waals surface area contributed by atoms with Gasteiger partial charge in [0.15, 0.2) is 0 Å². The van der Waals surface area contributed by atoms with Crippen LogP contribution in [0, 0.1) is 6.92 Å². The van der Waals surface area contributed by atoms with Crippen LogP contribution in [0.15, 0.2) is 22.9 Å². The first-order valence-corrected chi connectivity index (χ1v) is 8.42. The minimum absolute atomic E-state index is 0.0454. The smallest absolute Gasteiger partial charge is 0.229 e. The number of hydrogen-bond acceptors (Lipinski definition) is 3. The van der Waals surface area contributed by atoms with E-state index in [1.54, 1.807) is 11.3 Å². The SMILES string of the molecule is Cc1cc([C@@H]2CCCN(C(=O)[C@H](C)c3ccsc3)C2)n[nH]1. The molecule has 1 N–H and O–H groups in total. The van der Waals surface area contributed by atoms with Gasteiger partial charge < -0.3 is 4.90 Å².